The largest absolute Gasteiger partial charge is 0.508 e. The standard InChI is InChI=1S/C16H18N4O3/c1-11-14(15(22)19-12-2-4-13(21)5-3-12)10-17-16(18-11)20-6-8-23-9-7-20/h2-5,10,21H,6-9H2,1H3,(H,19,22). The minimum Gasteiger partial charge on any atom is -0.508 e. The van der Waals surface area contributed by atoms with Crippen LogP contribution in [0.4, 0.5) is 11.6 Å². The fraction of sp³-hybridized carbons (Fsp3) is 0.312. The van der Waals surface area contributed by atoms with Gasteiger partial charge in [0, 0.05) is 25.0 Å². The summed E-state index contributed by atoms with van der Waals surface area (Å²) in [5.74, 6) is 0.492. The van der Waals surface area contributed by atoms with Crippen LogP contribution < -0.4 is 10.2 Å². The van der Waals surface area contributed by atoms with Gasteiger partial charge in [-0.1, -0.05) is 0 Å². The van der Waals surface area contributed by atoms with Crippen LogP contribution in [0.15, 0.2) is 30.5 Å². The monoisotopic (exact) mass is 314 g/mol. The van der Waals surface area contributed by atoms with Crippen molar-refractivity contribution < 1.29 is 14.6 Å². The number of hydrogen-bond acceptors (Lipinski definition) is 6. The second kappa shape index (κ2) is 6.62. The number of aryl methyl sites for hydroxylation is 1. The summed E-state index contributed by atoms with van der Waals surface area (Å²) >= 11 is 0. The Kier molecular flexibility index (Phi) is 4.38. The third-order valence-electron chi connectivity index (χ3n) is 3.63. The minimum absolute atomic E-state index is 0.150. The SMILES string of the molecule is Cc1nc(N2CCOCC2)ncc1C(=O)Nc1ccc(O)cc1. The molecule has 120 valence electrons. The Hall–Kier alpha value is -2.67. The van der Waals surface area contributed by atoms with Crippen molar-refractivity contribution >= 4 is 17.5 Å². The van der Waals surface area contributed by atoms with Crippen LogP contribution in [0.1, 0.15) is 16.1 Å². The van der Waals surface area contributed by atoms with Crippen LogP contribution in [0.3, 0.4) is 0 Å². The molecule has 0 aliphatic carbocycles. The van der Waals surface area contributed by atoms with Crippen molar-refractivity contribution in [3.05, 3.63) is 41.7 Å². The Balaban J connectivity index is 1.74. The van der Waals surface area contributed by atoms with E-state index in [1.807, 2.05) is 4.90 Å². The van der Waals surface area contributed by atoms with E-state index in [0.29, 0.717) is 36.1 Å². The first kappa shape index (κ1) is 15.2. The topological polar surface area (TPSA) is 87.6 Å². The van der Waals surface area contributed by atoms with Crippen molar-refractivity contribution in [1.82, 2.24) is 9.97 Å². The van der Waals surface area contributed by atoms with Gasteiger partial charge in [0.2, 0.25) is 5.95 Å². The number of benzene rings is 1. The molecule has 1 fully saturated rings. The van der Waals surface area contributed by atoms with Crippen molar-refractivity contribution in [1.29, 1.82) is 0 Å². The molecule has 1 amide bonds. The highest BCUT2D eigenvalue weighted by Gasteiger charge is 2.17. The van der Waals surface area contributed by atoms with Gasteiger partial charge in [0.05, 0.1) is 24.5 Å². The predicted octanol–water partition coefficient (Wildman–Crippen LogP) is 1.58. The number of nitrogens with one attached hydrogen (secondary N) is 1. The Morgan fingerprint density at radius 2 is 1.96 bits per heavy atom. The first-order valence-electron chi connectivity index (χ1n) is 7.40. The molecule has 1 aromatic heterocycles. The summed E-state index contributed by atoms with van der Waals surface area (Å²) in [5.41, 5.74) is 1.65. The zero-order valence-electron chi connectivity index (χ0n) is 12.8. The molecule has 0 bridgehead atoms. The van der Waals surface area contributed by atoms with Gasteiger partial charge in [-0.05, 0) is 31.2 Å². The third-order valence-corrected chi connectivity index (χ3v) is 3.63. The van der Waals surface area contributed by atoms with E-state index < -0.39 is 0 Å². The second-order valence-corrected chi connectivity index (χ2v) is 5.27. The molecule has 1 saturated heterocycles. The Bertz CT molecular complexity index is 697. The maximum Gasteiger partial charge on any atom is 0.259 e. The van der Waals surface area contributed by atoms with E-state index in [0.717, 1.165) is 13.1 Å². The van der Waals surface area contributed by atoms with Gasteiger partial charge in [-0.15, -0.1) is 0 Å². The molecule has 0 saturated carbocycles. The summed E-state index contributed by atoms with van der Waals surface area (Å²) < 4.78 is 5.31. The third kappa shape index (κ3) is 3.57. The van der Waals surface area contributed by atoms with Crippen molar-refractivity contribution in [2.24, 2.45) is 0 Å². The number of morpholine rings is 1. The summed E-state index contributed by atoms with van der Waals surface area (Å²) in [6.07, 6.45) is 1.54. The summed E-state index contributed by atoms with van der Waals surface area (Å²) in [4.78, 5) is 23.1. The van der Waals surface area contributed by atoms with Crippen LogP contribution in [0.5, 0.6) is 5.75 Å². The van der Waals surface area contributed by atoms with Gasteiger partial charge < -0.3 is 20.1 Å². The van der Waals surface area contributed by atoms with Gasteiger partial charge in [-0.2, -0.15) is 0 Å². The van der Waals surface area contributed by atoms with Crippen LogP contribution in [-0.4, -0.2) is 47.3 Å². The van der Waals surface area contributed by atoms with Crippen molar-refractivity contribution in [3.8, 4) is 5.75 Å². The number of hydrogen-bond donors (Lipinski definition) is 2. The van der Waals surface area contributed by atoms with E-state index in [1.165, 1.54) is 12.1 Å². The lowest BCUT2D eigenvalue weighted by atomic mass is 10.2. The average Bonchev–Trinajstić information content (AvgIpc) is 2.57. The maximum atomic E-state index is 12.3. The number of phenolic OH excluding ortho intramolecular Hbond substituents is 1. The van der Waals surface area contributed by atoms with E-state index in [4.69, 9.17) is 4.74 Å². The number of carbonyl (C=O) groups excluding carboxylic acids is 1. The number of carbonyl (C=O) groups is 1. The molecule has 0 unspecified atom stereocenters. The van der Waals surface area contributed by atoms with E-state index in [-0.39, 0.29) is 11.7 Å². The highest BCUT2D eigenvalue weighted by molar-refractivity contribution is 6.04. The van der Waals surface area contributed by atoms with Gasteiger partial charge in [-0.3, -0.25) is 4.79 Å². The molecule has 1 aliphatic rings. The molecule has 7 heteroatoms. The maximum absolute atomic E-state index is 12.3. The highest BCUT2D eigenvalue weighted by atomic mass is 16.5. The smallest absolute Gasteiger partial charge is 0.259 e. The zero-order valence-corrected chi connectivity index (χ0v) is 12.8. The Labute approximate surface area is 133 Å². The van der Waals surface area contributed by atoms with E-state index in [9.17, 15) is 9.90 Å². The van der Waals surface area contributed by atoms with Crippen LogP contribution in [0, 0.1) is 6.92 Å². The molecule has 2 N–H and O–H groups in total. The van der Waals surface area contributed by atoms with Crippen LogP contribution >= 0.6 is 0 Å². The van der Waals surface area contributed by atoms with Crippen molar-refractivity contribution in [2.45, 2.75) is 6.92 Å². The fourth-order valence-electron chi connectivity index (χ4n) is 2.34. The normalized spacial score (nSPS) is 14.6. The number of amides is 1. The second-order valence-electron chi connectivity index (χ2n) is 5.27. The lowest BCUT2D eigenvalue weighted by Crippen LogP contribution is -2.37. The highest BCUT2D eigenvalue weighted by Crippen LogP contribution is 2.17. The van der Waals surface area contributed by atoms with Gasteiger partial charge >= 0.3 is 0 Å². The molecule has 2 heterocycles. The van der Waals surface area contributed by atoms with Crippen molar-refractivity contribution in [2.75, 3.05) is 36.5 Å². The molecule has 1 aliphatic heterocycles. The van der Waals surface area contributed by atoms with Gasteiger partial charge in [-0.25, -0.2) is 9.97 Å². The molecule has 3 rings (SSSR count). The fourth-order valence-corrected chi connectivity index (χ4v) is 2.34. The molecule has 0 spiro atoms. The lowest BCUT2D eigenvalue weighted by molar-refractivity contribution is 0.102. The lowest BCUT2D eigenvalue weighted by Gasteiger charge is -2.27. The van der Waals surface area contributed by atoms with E-state index >= 15 is 0 Å². The summed E-state index contributed by atoms with van der Waals surface area (Å²) in [6, 6.07) is 6.29. The van der Waals surface area contributed by atoms with E-state index in [2.05, 4.69) is 15.3 Å². The molecule has 2 aromatic rings. The molecule has 23 heavy (non-hydrogen) atoms. The summed E-state index contributed by atoms with van der Waals surface area (Å²) in [6.45, 7) is 4.60. The van der Waals surface area contributed by atoms with Gasteiger partial charge in [0.25, 0.3) is 5.91 Å². The number of anilines is 2. The molecule has 0 atom stereocenters. The van der Waals surface area contributed by atoms with Crippen LogP contribution in [0.2, 0.25) is 0 Å². The zero-order chi connectivity index (χ0) is 16.2. The average molecular weight is 314 g/mol. The minimum atomic E-state index is -0.276. The molecular weight excluding hydrogens is 296 g/mol. The number of nitrogens with zero attached hydrogens (tertiary/aromatic N) is 3. The Morgan fingerprint density at radius 3 is 2.61 bits per heavy atom. The van der Waals surface area contributed by atoms with Gasteiger partial charge in [0.1, 0.15) is 5.75 Å². The molecule has 7 nitrogen and oxygen atoms in total. The van der Waals surface area contributed by atoms with Crippen molar-refractivity contribution in [3.63, 3.8) is 0 Å². The first-order chi connectivity index (χ1) is 11.1. The van der Waals surface area contributed by atoms with Crippen LogP contribution in [0.25, 0.3) is 0 Å². The first-order valence-corrected chi connectivity index (χ1v) is 7.40. The number of phenols is 1. The molecule has 1 aromatic carbocycles. The predicted molar refractivity (Wildman–Crippen MR) is 85.9 cm³/mol. The van der Waals surface area contributed by atoms with Gasteiger partial charge in [0.15, 0.2) is 0 Å². The molecular formula is C16H18N4O3. The number of rotatable bonds is 3. The molecule has 0 radical (unpaired) electrons. The summed E-state index contributed by atoms with van der Waals surface area (Å²) in [7, 11) is 0. The number of aromatic nitrogens is 2. The number of ether oxygens (including phenoxy) is 1. The summed E-state index contributed by atoms with van der Waals surface area (Å²) in [5, 5.41) is 12.0. The Morgan fingerprint density at radius 1 is 1.26 bits per heavy atom. The number of aromatic hydroxyl groups is 1. The quantitative estimate of drug-likeness (QED) is 0.836. The van der Waals surface area contributed by atoms with E-state index in [1.54, 1.807) is 25.3 Å². The van der Waals surface area contributed by atoms with Crippen LogP contribution in [-0.2, 0) is 4.74 Å².